The van der Waals surface area contributed by atoms with Crippen molar-refractivity contribution in [1.82, 2.24) is 0 Å². The maximum atomic E-state index is 12.6. The van der Waals surface area contributed by atoms with Gasteiger partial charge in [-0.2, -0.15) is 0 Å². The second-order valence-electron chi connectivity index (χ2n) is 5.23. The Bertz CT molecular complexity index is 796. The predicted molar refractivity (Wildman–Crippen MR) is 89.5 cm³/mol. The number of nitrogens with one attached hydrogen (secondary N) is 1. The summed E-state index contributed by atoms with van der Waals surface area (Å²) in [6, 6.07) is 8.53. The molecule has 0 spiro atoms. The highest BCUT2D eigenvalue weighted by Crippen LogP contribution is 2.31. The maximum absolute atomic E-state index is 12.6. The molecule has 0 saturated heterocycles. The molecule has 0 aliphatic heterocycles. The van der Waals surface area contributed by atoms with E-state index in [4.69, 9.17) is 16.3 Å². The van der Waals surface area contributed by atoms with Crippen molar-refractivity contribution in [3.05, 3.63) is 52.0 Å². The van der Waals surface area contributed by atoms with E-state index in [-0.39, 0.29) is 10.6 Å². The topological polar surface area (TPSA) is 55.4 Å². The van der Waals surface area contributed by atoms with Gasteiger partial charge in [0.25, 0.3) is 10.0 Å². The molecular formula is C16H18ClNO3S. The van der Waals surface area contributed by atoms with Crippen LogP contribution in [-0.4, -0.2) is 15.5 Å². The Labute approximate surface area is 136 Å². The Balaban J connectivity index is 2.49. The summed E-state index contributed by atoms with van der Waals surface area (Å²) < 4.78 is 33.0. The van der Waals surface area contributed by atoms with Gasteiger partial charge in [-0.05, 0) is 61.7 Å². The summed E-state index contributed by atoms with van der Waals surface area (Å²) in [5.41, 5.74) is 3.22. The van der Waals surface area contributed by atoms with Gasteiger partial charge in [0.15, 0.2) is 0 Å². The number of aryl methyl sites for hydroxylation is 3. The van der Waals surface area contributed by atoms with E-state index in [2.05, 4.69) is 4.72 Å². The highest BCUT2D eigenvalue weighted by Gasteiger charge is 2.21. The maximum Gasteiger partial charge on any atom is 0.265 e. The Kier molecular flexibility index (Phi) is 4.68. The molecule has 2 aromatic carbocycles. The van der Waals surface area contributed by atoms with Crippen LogP contribution in [0.15, 0.2) is 35.2 Å². The predicted octanol–water partition coefficient (Wildman–Crippen LogP) is 4.07. The van der Waals surface area contributed by atoms with Gasteiger partial charge >= 0.3 is 0 Å². The highest BCUT2D eigenvalue weighted by atomic mass is 35.5. The molecule has 22 heavy (non-hydrogen) atoms. The molecule has 0 atom stereocenters. The fourth-order valence-electron chi connectivity index (χ4n) is 2.25. The van der Waals surface area contributed by atoms with Crippen molar-refractivity contribution < 1.29 is 13.2 Å². The molecule has 0 saturated carbocycles. The summed E-state index contributed by atoms with van der Waals surface area (Å²) in [6.45, 7) is 5.61. The lowest BCUT2D eigenvalue weighted by atomic mass is 10.1. The molecule has 0 fully saturated rings. The monoisotopic (exact) mass is 339 g/mol. The quantitative estimate of drug-likeness (QED) is 0.913. The summed E-state index contributed by atoms with van der Waals surface area (Å²) in [5, 5.41) is 0.376. The molecule has 6 heteroatoms. The zero-order valence-corrected chi connectivity index (χ0v) is 14.5. The fraction of sp³-hybridized carbons (Fsp3) is 0.250. The van der Waals surface area contributed by atoms with Gasteiger partial charge in [-0.1, -0.05) is 17.7 Å². The third-order valence-corrected chi connectivity index (χ3v) is 5.02. The van der Waals surface area contributed by atoms with Crippen LogP contribution >= 0.6 is 11.6 Å². The Morgan fingerprint density at radius 3 is 2.14 bits per heavy atom. The smallest absolute Gasteiger partial charge is 0.265 e. The van der Waals surface area contributed by atoms with Crippen molar-refractivity contribution in [3.63, 3.8) is 0 Å². The molecule has 1 N–H and O–H groups in total. The van der Waals surface area contributed by atoms with Crippen molar-refractivity contribution in [3.8, 4) is 5.75 Å². The third-order valence-electron chi connectivity index (χ3n) is 3.21. The standard InChI is InChI=1S/C16H18ClNO3S/c1-10-5-11(2)7-13(6-10)18-22(19,20)16-9-14(17)12(3)8-15(16)21-4/h5-9,18H,1-4H3. The van der Waals surface area contributed by atoms with E-state index >= 15 is 0 Å². The summed E-state index contributed by atoms with van der Waals surface area (Å²) in [5.74, 6) is 0.263. The van der Waals surface area contributed by atoms with Gasteiger partial charge in [0.05, 0.1) is 7.11 Å². The second kappa shape index (κ2) is 6.18. The number of ether oxygens (including phenoxy) is 1. The number of halogens is 1. The largest absolute Gasteiger partial charge is 0.495 e. The summed E-state index contributed by atoms with van der Waals surface area (Å²) in [7, 11) is -2.36. The van der Waals surface area contributed by atoms with Crippen molar-refractivity contribution in [2.24, 2.45) is 0 Å². The van der Waals surface area contributed by atoms with Crippen LogP contribution in [0.4, 0.5) is 5.69 Å². The van der Waals surface area contributed by atoms with Crippen LogP contribution in [0.1, 0.15) is 16.7 Å². The lowest BCUT2D eigenvalue weighted by Crippen LogP contribution is -2.14. The lowest BCUT2D eigenvalue weighted by Gasteiger charge is -2.14. The van der Waals surface area contributed by atoms with Crippen molar-refractivity contribution in [2.45, 2.75) is 25.7 Å². The number of methoxy groups -OCH3 is 1. The zero-order chi connectivity index (χ0) is 16.5. The van der Waals surface area contributed by atoms with E-state index in [1.54, 1.807) is 25.1 Å². The first-order chi connectivity index (χ1) is 10.2. The number of benzene rings is 2. The van der Waals surface area contributed by atoms with Crippen molar-refractivity contribution in [1.29, 1.82) is 0 Å². The zero-order valence-electron chi connectivity index (χ0n) is 12.9. The molecule has 0 amide bonds. The van der Waals surface area contributed by atoms with Gasteiger partial charge in [-0.25, -0.2) is 8.42 Å². The van der Waals surface area contributed by atoms with Gasteiger partial charge < -0.3 is 4.74 Å². The van der Waals surface area contributed by atoms with Gasteiger partial charge in [0.2, 0.25) is 0 Å². The Morgan fingerprint density at radius 2 is 1.59 bits per heavy atom. The second-order valence-corrected chi connectivity index (χ2v) is 7.29. The normalized spacial score (nSPS) is 11.3. The molecule has 0 radical (unpaired) electrons. The van der Waals surface area contributed by atoms with Gasteiger partial charge in [-0.3, -0.25) is 4.72 Å². The lowest BCUT2D eigenvalue weighted by molar-refractivity contribution is 0.402. The Morgan fingerprint density at radius 1 is 1.00 bits per heavy atom. The van der Waals surface area contributed by atoms with Crippen LogP contribution in [0, 0.1) is 20.8 Å². The van der Waals surface area contributed by atoms with Crippen LogP contribution in [-0.2, 0) is 10.0 Å². The van der Waals surface area contributed by atoms with Crippen LogP contribution in [0.25, 0.3) is 0 Å². The highest BCUT2D eigenvalue weighted by molar-refractivity contribution is 7.92. The molecule has 4 nitrogen and oxygen atoms in total. The Hall–Kier alpha value is -1.72. The summed E-state index contributed by atoms with van der Waals surface area (Å²) in [6.07, 6.45) is 0. The average molecular weight is 340 g/mol. The van der Waals surface area contributed by atoms with E-state index in [0.29, 0.717) is 10.7 Å². The van der Waals surface area contributed by atoms with Crippen molar-refractivity contribution >= 4 is 27.3 Å². The molecule has 0 heterocycles. The van der Waals surface area contributed by atoms with Crippen LogP contribution in [0.3, 0.4) is 0 Å². The third kappa shape index (κ3) is 3.54. The molecule has 2 rings (SSSR count). The van der Waals surface area contributed by atoms with Crippen molar-refractivity contribution in [2.75, 3.05) is 11.8 Å². The molecule has 2 aromatic rings. The first kappa shape index (κ1) is 16.6. The first-order valence-corrected chi connectivity index (χ1v) is 8.54. The minimum atomic E-state index is -3.79. The molecule has 0 aromatic heterocycles. The SMILES string of the molecule is COc1cc(C)c(Cl)cc1S(=O)(=O)Nc1cc(C)cc(C)c1. The van der Waals surface area contributed by atoms with E-state index in [0.717, 1.165) is 16.7 Å². The number of hydrogen-bond acceptors (Lipinski definition) is 3. The summed E-state index contributed by atoms with van der Waals surface area (Å²) in [4.78, 5) is 0.0183. The van der Waals surface area contributed by atoms with Gasteiger partial charge in [-0.15, -0.1) is 0 Å². The van der Waals surface area contributed by atoms with Crippen LogP contribution in [0.2, 0.25) is 5.02 Å². The number of anilines is 1. The minimum Gasteiger partial charge on any atom is -0.495 e. The van der Waals surface area contributed by atoms with Gasteiger partial charge in [0, 0.05) is 10.7 Å². The number of hydrogen-bond donors (Lipinski definition) is 1. The molecule has 0 aliphatic carbocycles. The van der Waals surface area contributed by atoms with Gasteiger partial charge in [0.1, 0.15) is 10.6 Å². The molecule has 0 aliphatic rings. The van der Waals surface area contributed by atoms with Crippen LogP contribution < -0.4 is 9.46 Å². The molecule has 0 unspecified atom stereocenters. The molecular weight excluding hydrogens is 322 g/mol. The average Bonchev–Trinajstić information content (AvgIpc) is 2.39. The van der Waals surface area contributed by atoms with E-state index in [9.17, 15) is 8.42 Å². The summed E-state index contributed by atoms with van der Waals surface area (Å²) >= 11 is 6.05. The minimum absolute atomic E-state index is 0.0183. The van der Waals surface area contributed by atoms with E-state index < -0.39 is 10.0 Å². The first-order valence-electron chi connectivity index (χ1n) is 6.68. The fourth-order valence-corrected chi connectivity index (χ4v) is 3.70. The molecule has 0 bridgehead atoms. The van der Waals surface area contributed by atoms with Crippen LogP contribution in [0.5, 0.6) is 5.75 Å². The van der Waals surface area contributed by atoms with E-state index in [1.807, 2.05) is 19.9 Å². The van der Waals surface area contributed by atoms with E-state index in [1.165, 1.54) is 13.2 Å². The number of rotatable bonds is 4. The number of sulfonamides is 1. The molecule has 118 valence electrons.